The number of methoxy groups -OCH3 is 1. The van der Waals surface area contributed by atoms with Crippen molar-refractivity contribution in [3.63, 3.8) is 0 Å². The third-order valence-corrected chi connectivity index (χ3v) is 6.05. The zero-order valence-electron chi connectivity index (χ0n) is 19.3. The van der Waals surface area contributed by atoms with E-state index in [0.717, 1.165) is 49.4 Å². The molecule has 0 saturated carbocycles. The Kier molecular flexibility index (Phi) is 6.03. The van der Waals surface area contributed by atoms with Crippen molar-refractivity contribution in [2.75, 3.05) is 30.4 Å². The quantitative estimate of drug-likeness (QED) is 0.418. The van der Waals surface area contributed by atoms with E-state index < -0.39 is 0 Å². The number of amides is 1. The summed E-state index contributed by atoms with van der Waals surface area (Å²) in [6, 6.07) is 14.1. The number of carbonyl (C=O) groups excluding carboxylic acids is 1. The first-order valence-corrected chi connectivity index (χ1v) is 11.4. The SMILES string of the molecule is COc1ccc2c(c1)CCN2CCCn1cc(NC(=O)c2ncoc2-c2cccc(C)c2)cn1. The maximum absolute atomic E-state index is 12.8. The molecule has 8 heteroatoms. The van der Waals surface area contributed by atoms with Crippen molar-refractivity contribution >= 4 is 17.3 Å². The van der Waals surface area contributed by atoms with E-state index >= 15 is 0 Å². The summed E-state index contributed by atoms with van der Waals surface area (Å²) in [5.41, 5.74) is 5.40. The average Bonchev–Trinajstić information content (AvgIpc) is 3.59. The topological polar surface area (TPSA) is 85.4 Å². The molecule has 174 valence electrons. The Hall–Kier alpha value is -4.07. The predicted molar refractivity (Wildman–Crippen MR) is 130 cm³/mol. The molecule has 0 aliphatic carbocycles. The van der Waals surface area contributed by atoms with Crippen LogP contribution in [0, 0.1) is 6.92 Å². The molecule has 1 aliphatic rings. The summed E-state index contributed by atoms with van der Waals surface area (Å²) >= 11 is 0. The Labute approximate surface area is 198 Å². The maximum Gasteiger partial charge on any atom is 0.278 e. The van der Waals surface area contributed by atoms with Gasteiger partial charge in [-0.3, -0.25) is 9.48 Å². The van der Waals surface area contributed by atoms with Gasteiger partial charge in [-0.2, -0.15) is 5.10 Å². The number of anilines is 2. The van der Waals surface area contributed by atoms with Crippen molar-refractivity contribution in [2.24, 2.45) is 0 Å². The van der Waals surface area contributed by atoms with Gasteiger partial charge in [0.15, 0.2) is 17.8 Å². The molecule has 1 N–H and O–H groups in total. The van der Waals surface area contributed by atoms with E-state index in [1.165, 1.54) is 17.6 Å². The lowest BCUT2D eigenvalue weighted by atomic mass is 10.1. The molecule has 0 atom stereocenters. The molecule has 1 amide bonds. The molecule has 0 radical (unpaired) electrons. The highest BCUT2D eigenvalue weighted by molar-refractivity contribution is 6.06. The molecule has 4 aromatic rings. The first-order chi connectivity index (χ1) is 16.6. The van der Waals surface area contributed by atoms with Gasteiger partial charge in [0.25, 0.3) is 5.91 Å². The van der Waals surface area contributed by atoms with E-state index in [1.807, 2.05) is 48.1 Å². The molecular formula is C26H27N5O3. The largest absolute Gasteiger partial charge is 0.497 e. The van der Waals surface area contributed by atoms with Crippen LogP contribution in [0.1, 0.15) is 28.0 Å². The van der Waals surface area contributed by atoms with Gasteiger partial charge in [-0.25, -0.2) is 4.98 Å². The van der Waals surface area contributed by atoms with Crippen molar-refractivity contribution in [3.8, 4) is 17.1 Å². The average molecular weight is 458 g/mol. The van der Waals surface area contributed by atoms with Gasteiger partial charge in [-0.15, -0.1) is 0 Å². The minimum atomic E-state index is -0.325. The van der Waals surface area contributed by atoms with Gasteiger partial charge in [0.1, 0.15) is 5.75 Å². The lowest BCUT2D eigenvalue weighted by Gasteiger charge is -2.19. The van der Waals surface area contributed by atoms with E-state index in [-0.39, 0.29) is 11.6 Å². The molecule has 5 rings (SSSR count). The molecule has 0 saturated heterocycles. The fraction of sp³-hybridized carbons (Fsp3) is 0.269. The summed E-state index contributed by atoms with van der Waals surface area (Å²) in [5, 5.41) is 7.27. The number of aromatic nitrogens is 3. The second kappa shape index (κ2) is 9.43. The minimum Gasteiger partial charge on any atom is -0.497 e. The van der Waals surface area contributed by atoms with Crippen molar-refractivity contribution in [1.82, 2.24) is 14.8 Å². The fourth-order valence-corrected chi connectivity index (χ4v) is 4.37. The number of benzene rings is 2. The molecule has 2 aromatic heterocycles. The van der Waals surface area contributed by atoms with Crippen LogP contribution in [-0.2, 0) is 13.0 Å². The third-order valence-electron chi connectivity index (χ3n) is 6.05. The standard InChI is InChI=1S/C26H27N5O3/c1-18-5-3-6-20(13-18)25-24(27-17-34-25)26(32)29-21-15-28-31(16-21)11-4-10-30-12-9-19-14-22(33-2)7-8-23(19)30/h3,5-8,13-17H,4,9-12H2,1-2H3,(H,29,32). The Morgan fingerprint density at radius 3 is 2.97 bits per heavy atom. The van der Waals surface area contributed by atoms with Gasteiger partial charge < -0.3 is 19.4 Å². The van der Waals surface area contributed by atoms with Crippen molar-refractivity contribution in [2.45, 2.75) is 26.3 Å². The van der Waals surface area contributed by atoms with Crippen LogP contribution in [0.2, 0.25) is 0 Å². The lowest BCUT2D eigenvalue weighted by molar-refractivity contribution is 0.102. The highest BCUT2D eigenvalue weighted by atomic mass is 16.5. The zero-order chi connectivity index (χ0) is 23.5. The van der Waals surface area contributed by atoms with E-state index in [4.69, 9.17) is 9.15 Å². The van der Waals surface area contributed by atoms with Crippen LogP contribution >= 0.6 is 0 Å². The van der Waals surface area contributed by atoms with E-state index in [1.54, 1.807) is 13.3 Å². The van der Waals surface area contributed by atoms with Gasteiger partial charge in [-0.05, 0) is 49.6 Å². The number of carbonyl (C=O) groups is 1. The summed E-state index contributed by atoms with van der Waals surface area (Å²) in [6.07, 6.45) is 6.77. The summed E-state index contributed by atoms with van der Waals surface area (Å²) < 4.78 is 12.7. The number of aryl methyl sites for hydroxylation is 2. The number of oxazole rings is 1. The maximum atomic E-state index is 12.8. The van der Waals surface area contributed by atoms with E-state index in [0.29, 0.717) is 11.4 Å². The molecule has 1 aliphatic heterocycles. The number of hydrogen-bond donors (Lipinski definition) is 1. The summed E-state index contributed by atoms with van der Waals surface area (Å²) in [7, 11) is 1.70. The lowest BCUT2D eigenvalue weighted by Crippen LogP contribution is -2.22. The molecule has 2 aromatic carbocycles. The number of fused-ring (bicyclic) bond motifs is 1. The smallest absolute Gasteiger partial charge is 0.278 e. The van der Waals surface area contributed by atoms with Crippen LogP contribution < -0.4 is 15.0 Å². The van der Waals surface area contributed by atoms with E-state index in [2.05, 4.69) is 32.4 Å². The highest BCUT2D eigenvalue weighted by Crippen LogP contribution is 2.31. The first-order valence-electron chi connectivity index (χ1n) is 11.4. The zero-order valence-corrected chi connectivity index (χ0v) is 19.3. The normalized spacial score (nSPS) is 12.6. The molecule has 0 unspecified atom stereocenters. The number of nitrogens with zero attached hydrogens (tertiary/aromatic N) is 4. The number of ether oxygens (including phenoxy) is 1. The molecule has 0 bridgehead atoms. The molecule has 34 heavy (non-hydrogen) atoms. The van der Waals surface area contributed by atoms with E-state index in [9.17, 15) is 4.79 Å². The van der Waals surface area contributed by atoms with Crippen molar-refractivity contribution < 1.29 is 13.9 Å². The molecule has 8 nitrogen and oxygen atoms in total. The summed E-state index contributed by atoms with van der Waals surface area (Å²) in [5.74, 6) is 1.04. The van der Waals surface area contributed by atoms with Gasteiger partial charge >= 0.3 is 0 Å². The van der Waals surface area contributed by atoms with Gasteiger partial charge in [-0.1, -0.05) is 23.8 Å². The molecule has 3 heterocycles. The third kappa shape index (κ3) is 4.52. The predicted octanol–water partition coefficient (Wildman–Crippen LogP) is 4.56. The first kappa shape index (κ1) is 21.8. The number of nitrogens with one attached hydrogen (secondary N) is 1. The Morgan fingerprint density at radius 2 is 2.12 bits per heavy atom. The van der Waals surface area contributed by atoms with Gasteiger partial charge in [0, 0.05) is 37.1 Å². The van der Waals surface area contributed by atoms with Crippen LogP contribution in [0.5, 0.6) is 5.75 Å². The highest BCUT2D eigenvalue weighted by Gasteiger charge is 2.20. The van der Waals surface area contributed by atoms with Crippen molar-refractivity contribution in [1.29, 1.82) is 0 Å². The van der Waals surface area contributed by atoms with Crippen LogP contribution in [0.3, 0.4) is 0 Å². The van der Waals surface area contributed by atoms with Crippen molar-refractivity contribution in [3.05, 3.63) is 78.1 Å². The molecule has 0 fully saturated rings. The summed E-state index contributed by atoms with van der Waals surface area (Å²) in [6.45, 7) is 4.72. The Bertz CT molecular complexity index is 1310. The van der Waals surface area contributed by atoms with Crippen LogP contribution in [-0.4, -0.2) is 40.9 Å². The second-order valence-corrected chi connectivity index (χ2v) is 8.43. The van der Waals surface area contributed by atoms with Gasteiger partial charge in [0.05, 0.1) is 19.0 Å². The van der Waals surface area contributed by atoms with Crippen LogP contribution in [0.4, 0.5) is 11.4 Å². The fourth-order valence-electron chi connectivity index (χ4n) is 4.37. The Balaban J connectivity index is 1.17. The number of rotatable bonds is 8. The summed E-state index contributed by atoms with van der Waals surface area (Å²) in [4.78, 5) is 19.4. The minimum absolute atomic E-state index is 0.252. The molecule has 0 spiro atoms. The monoisotopic (exact) mass is 457 g/mol. The number of hydrogen-bond acceptors (Lipinski definition) is 6. The second-order valence-electron chi connectivity index (χ2n) is 8.43. The Morgan fingerprint density at radius 1 is 1.21 bits per heavy atom. The molecular weight excluding hydrogens is 430 g/mol. The van der Waals surface area contributed by atoms with Crippen LogP contribution in [0.15, 0.2) is 65.7 Å². The van der Waals surface area contributed by atoms with Crippen LogP contribution in [0.25, 0.3) is 11.3 Å². The van der Waals surface area contributed by atoms with Gasteiger partial charge in [0.2, 0.25) is 0 Å².